The summed E-state index contributed by atoms with van der Waals surface area (Å²) in [4.78, 5) is 21.4. The maximum Gasteiger partial charge on any atom is 0.308 e. The van der Waals surface area contributed by atoms with Crippen LogP contribution in [-0.2, 0) is 9.59 Å². The van der Waals surface area contributed by atoms with Gasteiger partial charge in [0.1, 0.15) is 0 Å². The fourth-order valence-electron chi connectivity index (χ4n) is 1.71. The highest BCUT2D eigenvalue weighted by Gasteiger charge is 2.21. The van der Waals surface area contributed by atoms with Gasteiger partial charge in [0.25, 0.3) is 0 Å². The highest BCUT2D eigenvalue weighted by molar-refractivity contribution is 5.78. The molecule has 19 heavy (non-hydrogen) atoms. The molecule has 0 radical (unpaired) electrons. The maximum atomic E-state index is 10.9. The fraction of sp³-hybridized carbons (Fsp3) is 0.333. The van der Waals surface area contributed by atoms with Crippen LogP contribution in [-0.4, -0.2) is 35.5 Å². The molecule has 0 fully saturated rings. The van der Waals surface area contributed by atoms with Crippen LogP contribution in [0.15, 0.2) is 18.2 Å². The lowest BCUT2D eigenvalue weighted by Gasteiger charge is -2.12. The van der Waals surface area contributed by atoms with Crippen LogP contribution in [0.1, 0.15) is 6.42 Å². The summed E-state index contributed by atoms with van der Waals surface area (Å²) in [6, 6.07) is 5.10. The van der Waals surface area contributed by atoms with Crippen molar-refractivity contribution in [3.05, 3.63) is 18.2 Å². The summed E-state index contributed by atoms with van der Waals surface area (Å²) in [5, 5.41) is 20.4. The van der Waals surface area contributed by atoms with Crippen molar-refractivity contribution in [2.24, 2.45) is 5.92 Å². The molecule has 7 nitrogen and oxygen atoms in total. The molecule has 7 heteroatoms. The Morgan fingerprint density at radius 1 is 1.26 bits per heavy atom. The van der Waals surface area contributed by atoms with E-state index in [1.807, 2.05) is 0 Å². The Kier molecular flexibility index (Phi) is 3.74. The Labute approximate surface area is 108 Å². The van der Waals surface area contributed by atoms with Gasteiger partial charge in [0.2, 0.25) is 6.79 Å². The van der Waals surface area contributed by atoms with E-state index < -0.39 is 24.3 Å². The predicted octanol–water partition coefficient (Wildman–Crippen LogP) is 1.00. The van der Waals surface area contributed by atoms with Gasteiger partial charge in [0, 0.05) is 18.3 Å². The minimum absolute atomic E-state index is 0.0290. The van der Waals surface area contributed by atoms with Crippen molar-refractivity contribution >= 4 is 17.6 Å². The van der Waals surface area contributed by atoms with Crippen LogP contribution in [0.4, 0.5) is 5.69 Å². The van der Waals surface area contributed by atoms with Crippen LogP contribution < -0.4 is 14.8 Å². The molecule has 1 aromatic rings. The quantitative estimate of drug-likeness (QED) is 0.706. The normalized spacial score (nSPS) is 13.9. The van der Waals surface area contributed by atoms with Crippen molar-refractivity contribution in [1.82, 2.24) is 0 Å². The molecule has 0 bridgehead atoms. The predicted molar refractivity (Wildman–Crippen MR) is 64.4 cm³/mol. The monoisotopic (exact) mass is 267 g/mol. The molecule has 0 aromatic heterocycles. The number of carboxylic acids is 2. The number of rotatable bonds is 6. The molecule has 0 amide bonds. The molecule has 1 unspecified atom stereocenters. The number of benzene rings is 1. The number of fused-ring (bicyclic) bond motifs is 1. The van der Waals surface area contributed by atoms with Crippen molar-refractivity contribution in [2.45, 2.75) is 6.42 Å². The second kappa shape index (κ2) is 5.47. The maximum absolute atomic E-state index is 10.9. The van der Waals surface area contributed by atoms with E-state index in [9.17, 15) is 9.59 Å². The van der Waals surface area contributed by atoms with E-state index in [0.29, 0.717) is 17.2 Å². The molecule has 0 saturated carbocycles. The smallest absolute Gasteiger partial charge is 0.308 e. The average molecular weight is 267 g/mol. The first-order chi connectivity index (χ1) is 9.06. The van der Waals surface area contributed by atoms with Gasteiger partial charge >= 0.3 is 11.9 Å². The lowest BCUT2D eigenvalue weighted by Crippen LogP contribution is -2.25. The van der Waals surface area contributed by atoms with E-state index in [2.05, 4.69) is 5.32 Å². The van der Waals surface area contributed by atoms with Crippen molar-refractivity contribution in [2.75, 3.05) is 18.7 Å². The number of nitrogens with one attached hydrogen (secondary N) is 1. The van der Waals surface area contributed by atoms with Gasteiger partial charge in [0.05, 0.1) is 12.3 Å². The van der Waals surface area contributed by atoms with Gasteiger partial charge in [-0.2, -0.15) is 0 Å². The molecular formula is C12H13NO6. The molecule has 1 aliphatic rings. The van der Waals surface area contributed by atoms with Crippen LogP contribution in [0.25, 0.3) is 0 Å². The van der Waals surface area contributed by atoms with E-state index in [1.54, 1.807) is 18.2 Å². The van der Waals surface area contributed by atoms with E-state index in [4.69, 9.17) is 19.7 Å². The van der Waals surface area contributed by atoms with Crippen LogP contribution in [0.5, 0.6) is 11.5 Å². The summed E-state index contributed by atoms with van der Waals surface area (Å²) in [5.74, 6) is -2.06. The highest BCUT2D eigenvalue weighted by Crippen LogP contribution is 2.34. The molecule has 1 heterocycles. The molecule has 1 aromatic carbocycles. The van der Waals surface area contributed by atoms with Gasteiger partial charge in [-0.3, -0.25) is 9.59 Å². The summed E-state index contributed by atoms with van der Waals surface area (Å²) >= 11 is 0. The van der Waals surface area contributed by atoms with Crippen LogP contribution in [0.3, 0.4) is 0 Å². The molecule has 0 spiro atoms. The van der Waals surface area contributed by atoms with Gasteiger partial charge in [0.15, 0.2) is 11.5 Å². The number of carbonyl (C=O) groups is 2. The second-order valence-corrected chi connectivity index (χ2v) is 4.08. The lowest BCUT2D eigenvalue weighted by molar-refractivity contribution is -0.147. The zero-order chi connectivity index (χ0) is 13.8. The highest BCUT2D eigenvalue weighted by atomic mass is 16.7. The molecule has 102 valence electrons. The first-order valence-electron chi connectivity index (χ1n) is 5.64. The van der Waals surface area contributed by atoms with Crippen LogP contribution >= 0.6 is 0 Å². The number of ether oxygens (including phenoxy) is 2. The molecular weight excluding hydrogens is 254 g/mol. The summed E-state index contributed by atoms with van der Waals surface area (Å²) in [7, 11) is 0. The SMILES string of the molecule is O=C(O)CC(CNc1ccc2c(c1)OCO2)C(=O)O. The molecule has 0 aliphatic carbocycles. The Bertz CT molecular complexity index is 501. The number of hydrogen-bond donors (Lipinski definition) is 3. The van der Waals surface area contributed by atoms with Crippen molar-refractivity contribution in [3.8, 4) is 11.5 Å². The first kappa shape index (κ1) is 13.0. The average Bonchev–Trinajstić information content (AvgIpc) is 2.80. The number of anilines is 1. The topological polar surface area (TPSA) is 105 Å². The van der Waals surface area contributed by atoms with Crippen molar-refractivity contribution < 1.29 is 29.3 Å². The molecule has 3 N–H and O–H groups in total. The van der Waals surface area contributed by atoms with Gasteiger partial charge < -0.3 is 25.0 Å². The largest absolute Gasteiger partial charge is 0.481 e. The molecule has 1 atom stereocenters. The number of hydrogen-bond acceptors (Lipinski definition) is 5. The third kappa shape index (κ3) is 3.27. The molecule has 2 rings (SSSR count). The second-order valence-electron chi connectivity index (χ2n) is 4.08. The van der Waals surface area contributed by atoms with Crippen molar-refractivity contribution in [3.63, 3.8) is 0 Å². The van der Waals surface area contributed by atoms with Crippen LogP contribution in [0.2, 0.25) is 0 Å². The summed E-state index contributed by atoms with van der Waals surface area (Å²) in [6.45, 7) is 0.191. The zero-order valence-electron chi connectivity index (χ0n) is 9.96. The van der Waals surface area contributed by atoms with E-state index in [1.165, 1.54) is 0 Å². The summed E-state index contributed by atoms with van der Waals surface area (Å²) in [5.41, 5.74) is 0.654. The Hall–Kier alpha value is -2.44. The Morgan fingerprint density at radius 3 is 2.68 bits per heavy atom. The van der Waals surface area contributed by atoms with Gasteiger partial charge in [-0.25, -0.2) is 0 Å². The Morgan fingerprint density at radius 2 is 2.00 bits per heavy atom. The van der Waals surface area contributed by atoms with Gasteiger partial charge in [-0.05, 0) is 12.1 Å². The number of aliphatic carboxylic acids is 2. The van der Waals surface area contributed by atoms with E-state index in [-0.39, 0.29) is 13.3 Å². The zero-order valence-corrected chi connectivity index (χ0v) is 9.96. The van der Waals surface area contributed by atoms with E-state index in [0.717, 1.165) is 0 Å². The minimum Gasteiger partial charge on any atom is -0.481 e. The van der Waals surface area contributed by atoms with Crippen LogP contribution in [0, 0.1) is 5.92 Å². The van der Waals surface area contributed by atoms with E-state index >= 15 is 0 Å². The molecule has 1 aliphatic heterocycles. The van der Waals surface area contributed by atoms with Gasteiger partial charge in [-0.15, -0.1) is 0 Å². The minimum atomic E-state index is -1.14. The summed E-state index contributed by atoms with van der Waals surface area (Å²) in [6.07, 6.45) is -0.424. The fourth-order valence-corrected chi connectivity index (χ4v) is 1.71. The third-order valence-electron chi connectivity index (χ3n) is 2.70. The summed E-state index contributed by atoms with van der Waals surface area (Å²) < 4.78 is 10.3. The standard InChI is InChI=1S/C12H13NO6/c14-11(15)3-7(12(16)17)5-13-8-1-2-9-10(4-8)19-6-18-9/h1-2,4,7,13H,3,5-6H2,(H,14,15)(H,16,17). The van der Waals surface area contributed by atoms with Gasteiger partial charge in [-0.1, -0.05) is 0 Å². The third-order valence-corrected chi connectivity index (χ3v) is 2.70. The first-order valence-corrected chi connectivity index (χ1v) is 5.64. The number of carboxylic acid groups (broad SMARTS) is 2. The van der Waals surface area contributed by atoms with Crippen molar-refractivity contribution in [1.29, 1.82) is 0 Å². The molecule has 0 saturated heterocycles. The Balaban J connectivity index is 1.97. The lowest BCUT2D eigenvalue weighted by atomic mass is 10.1.